The highest BCUT2D eigenvalue weighted by Crippen LogP contribution is 2.35. The average Bonchev–Trinajstić information content (AvgIpc) is 3.01. The van der Waals surface area contributed by atoms with Gasteiger partial charge in [0.05, 0.1) is 19.3 Å². The largest absolute Gasteiger partial charge is 0.497 e. The van der Waals surface area contributed by atoms with Crippen LogP contribution in [-0.2, 0) is 9.53 Å². The van der Waals surface area contributed by atoms with E-state index in [9.17, 15) is 4.79 Å². The minimum Gasteiger partial charge on any atom is -0.497 e. The van der Waals surface area contributed by atoms with Crippen molar-refractivity contribution in [2.24, 2.45) is 0 Å². The Morgan fingerprint density at radius 3 is 3.00 bits per heavy atom. The van der Waals surface area contributed by atoms with Gasteiger partial charge >= 0.3 is 5.97 Å². The molecule has 0 bridgehead atoms. The van der Waals surface area contributed by atoms with Crippen LogP contribution in [0.4, 0.5) is 5.95 Å². The first kappa shape index (κ1) is 15.0. The summed E-state index contributed by atoms with van der Waals surface area (Å²) < 4.78 is 12.0. The number of methoxy groups -OCH3 is 1. The van der Waals surface area contributed by atoms with Crippen LogP contribution < -0.4 is 10.1 Å². The number of rotatable bonds is 4. The number of nitrogens with one attached hydrogen (secondary N) is 1. The zero-order valence-electron chi connectivity index (χ0n) is 13.1. The molecule has 2 heterocycles. The van der Waals surface area contributed by atoms with Gasteiger partial charge in [-0.25, -0.2) is 4.79 Å². The van der Waals surface area contributed by atoms with Crippen molar-refractivity contribution in [2.45, 2.75) is 19.9 Å². The Hall–Kier alpha value is -2.90. The first-order valence-electron chi connectivity index (χ1n) is 7.22. The highest BCUT2D eigenvalue weighted by atomic mass is 16.5. The number of benzene rings is 1. The minimum atomic E-state index is -0.476. The fourth-order valence-corrected chi connectivity index (χ4v) is 2.61. The van der Waals surface area contributed by atoms with E-state index in [0.717, 1.165) is 5.56 Å². The number of tetrazole rings is 1. The second-order valence-electron chi connectivity index (χ2n) is 5.01. The normalized spacial score (nSPS) is 16.6. The summed E-state index contributed by atoms with van der Waals surface area (Å²) in [5, 5.41) is 14.7. The summed E-state index contributed by atoms with van der Waals surface area (Å²) in [6.45, 7) is 3.87. The third kappa shape index (κ3) is 2.63. The van der Waals surface area contributed by atoms with Crippen LogP contribution >= 0.6 is 0 Å². The molecule has 0 unspecified atom stereocenters. The lowest BCUT2D eigenvalue weighted by Gasteiger charge is -2.27. The Balaban J connectivity index is 2.14. The number of hydrogen-bond donors (Lipinski definition) is 1. The van der Waals surface area contributed by atoms with E-state index in [1.54, 1.807) is 25.6 Å². The molecule has 1 N–H and O–H groups in total. The number of hydrogen-bond acceptors (Lipinski definition) is 7. The number of esters is 1. The molecular weight excluding hydrogens is 298 g/mol. The SMILES string of the molecule is CCOC(=O)C1=C(C)Nc2nnnn2[C@@H]1c1cccc(OC)c1. The van der Waals surface area contributed by atoms with Crippen molar-refractivity contribution in [2.75, 3.05) is 19.0 Å². The molecule has 0 aliphatic carbocycles. The zero-order valence-corrected chi connectivity index (χ0v) is 13.1. The summed E-state index contributed by atoms with van der Waals surface area (Å²) >= 11 is 0. The number of carbonyl (C=O) groups excluding carboxylic acids is 1. The Labute approximate surface area is 133 Å². The van der Waals surface area contributed by atoms with Crippen molar-refractivity contribution in [3.05, 3.63) is 41.1 Å². The summed E-state index contributed by atoms with van der Waals surface area (Å²) in [6, 6.07) is 6.98. The summed E-state index contributed by atoms with van der Waals surface area (Å²) in [5.74, 6) is 0.770. The molecule has 1 atom stereocenters. The third-order valence-corrected chi connectivity index (χ3v) is 3.62. The molecule has 0 radical (unpaired) electrons. The lowest BCUT2D eigenvalue weighted by atomic mass is 9.95. The molecular formula is C15H17N5O3. The fourth-order valence-electron chi connectivity index (χ4n) is 2.61. The van der Waals surface area contributed by atoms with Crippen LogP contribution in [0.5, 0.6) is 5.75 Å². The van der Waals surface area contributed by atoms with Crippen LogP contribution in [0, 0.1) is 0 Å². The molecule has 1 aliphatic rings. The van der Waals surface area contributed by atoms with Gasteiger partial charge in [0, 0.05) is 5.70 Å². The average molecular weight is 315 g/mol. The number of nitrogens with zero attached hydrogens (tertiary/aromatic N) is 4. The predicted octanol–water partition coefficient (Wildman–Crippen LogP) is 1.53. The molecule has 0 saturated carbocycles. The third-order valence-electron chi connectivity index (χ3n) is 3.62. The van der Waals surface area contributed by atoms with Gasteiger partial charge in [0.15, 0.2) is 0 Å². The van der Waals surface area contributed by atoms with Gasteiger partial charge in [-0.3, -0.25) is 0 Å². The first-order valence-corrected chi connectivity index (χ1v) is 7.22. The predicted molar refractivity (Wildman–Crippen MR) is 81.9 cm³/mol. The Morgan fingerprint density at radius 2 is 2.26 bits per heavy atom. The van der Waals surface area contributed by atoms with Crippen molar-refractivity contribution in [1.29, 1.82) is 0 Å². The van der Waals surface area contributed by atoms with Gasteiger partial charge in [-0.2, -0.15) is 4.68 Å². The van der Waals surface area contributed by atoms with Crippen LogP contribution in [0.1, 0.15) is 25.5 Å². The fraction of sp³-hybridized carbons (Fsp3) is 0.333. The van der Waals surface area contributed by atoms with E-state index in [1.165, 1.54) is 0 Å². The molecule has 0 saturated heterocycles. The smallest absolute Gasteiger partial charge is 0.338 e. The first-order chi connectivity index (χ1) is 11.2. The number of ether oxygens (including phenoxy) is 2. The van der Waals surface area contributed by atoms with Crippen LogP contribution in [0.3, 0.4) is 0 Å². The van der Waals surface area contributed by atoms with E-state index >= 15 is 0 Å². The molecule has 8 nitrogen and oxygen atoms in total. The second kappa shape index (κ2) is 6.07. The molecule has 2 aromatic rings. The number of fused-ring (bicyclic) bond motifs is 1. The maximum Gasteiger partial charge on any atom is 0.338 e. The molecule has 0 amide bonds. The van der Waals surface area contributed by atoms with Crippen LogP contribution in [0.15, 0.2) is 35.5 Å². The van der Waals surface area contributed by atoms with Gasteiger partial charge < -0.3 is 14.8 Å². The maximum atomic E-state index is 12.4. The number of carbonyl (C=O) groups is 1. The van der Waals surface area contributed by atoms with E-state index in [2.05, 4.69) is 20.8 Å². The van der Waals surface area contributed by atoms with Crippen LogP contribution in [-0.4, -0.2) is 39.9 Å². The van der Waals surface area contributed by atoms with Crippen molar-refractivity contribution >= 4 is 11.9 Å². The Morgan fingerprint density at radius 1 is 1.43 bits per heavy atom. The number of aromatic nitrogens is 4. The van der Waals surface area contributed by atoms with E-state index in [4.69, 9.17) is 9.47 Å². The Bertz CT molecular complexity index is 768. The Kier molecular flexibility index (Phi) is 3.96. The molecule has 1 aliphatic heterocycles. The molecule has 1 aromatic heterocycles. The summed E-state index contributed by atoms with van der Waals surface area (Å²) in [7, 11) is 1.59. The van der Waals surface area contributed by atoms with Crippen molar-refractivity contribution in [3.63, 3.8) is 0 Å². The van der Waals surface area contributed by atoms with Gasteiger partial charge in [0.2, 0.25) is 5.95 Å². The molecule has 0 spiro atoms. The zero-order chi connectivity index (χ0) is 16.4. The molecule has 3 rings (SSSR count). The molecule has 8 heteroatoms. The van der Waals surface area contributed by atoms with E-state index in [0.29, 0.717) is 29.6 Å². The summed E-state index contributed by atoms with van der Waals surface area (Å²) in [6.07, 6.45) is 0. The van der Waals surface area contributed by atoms with E-state index in [-0.39, 0.29) is 0 Å². The molecule has 120 valence electrons. The lowest BCUT2D eigenvalue weighted by molar-refractivity contribution is -0.139. The van der Waals surface area contributed by atoms with Crippen molar-refractivity contribution in [3.8, 4) is 5.75 Å². The second-order valence-corrected chi connectivity index (χ2v) is 5.01. The van der Waals surface area contributed by atoms with Gasteiger partial charge in [0.1, 0.15) is 11.8 Å². The minimum absolute atomic E-state index is 0.295. The highest BCUT2D eigenvalue weighted by molar-refractivity contribution is 5.92. The number of anilines is 1. The van der Waals surface area contributed by atoms with Gasteiger partial charge in [-0.1, -0.05) is 17.2 Å². The quantitative estimate of drug-likeness (QED) is 0.855. The van der Waals surface area contributed by atoms with Crippen molar-refractivity contribution < 1.29 is 14.3 Å². The maximum absolute atomic E-state index is 12.4. The summed E-state index contributed by atoms with van der Waals surface area (Å²) in [5.41, 5.74) is 1.97. The number of allylic oxidation sites excluding steroid dienone is 1. The highest BCUT2D eigenvalue weighted by Gasteiger charge is 2.34. The van der Waals surface area contributed by atoms with E-state index < -0.39 is 12.0 Å². The lowest BCUT2D eigenvalue weighted by Crippen LogP contribution is -2.29. The van der Waals surface area contributed by atoms with Crippen LogP contribution in [0.2, 0.25) is 0 Å². The molecule has 1 aromatic carbocycles. The van der Waals surface area contributed by atoms with E-state index in [1.807, 2.05) is 24.3 Å². The summed E-state index contributed by atoms with van der Waals surface area (Å²) in [4.78, 5) is 12.4. The van der Waals surface area contributed by atoms with Gasteiger partial charge in [-0.15, -0.1) is 0 Å². The topological polar surface area (TPSA) is 91.2 Å². The standard InChI is InChI=1S/C15H17N5O3/c1-4-23-14(21)12-9(2)16-15-17-18-19-20(15)13(12)10-6-5-7-11(8-10)22-3/h5-8,13H,4H2,1-3H3,(H,16,17,19)/t13-/m1/s1. The molecule has 23 heavy (non-hydrogen) atoms. The monoisotopic (exact) mass is 315 g/mol. The van der Waals surface area contributed by atoms with Gasteiger partial charge in [-0.05, 0) is 42.0 Å². The van der Waals surface area contributed by atoms with Gasteiger partial charge in [0.25, 0.3) is 0 Å². The van der Waals surface area contributed by atoms with Crippen molar-refractivity contribution in [1.82, 2.24) is 20.2 Å². The van der Waals surface area contributed by atoms with Crippen LogP contribution in [0.25, 0.3) is 0 Å². The molecule has 0 fully saturated rings.